The van der Waals surface area contributed by atoms with Crippen LogP contribution < -0.4 is 5.32 Å². The maximum atomic E-state index is 11.2. The van der Waals surface area contributed by atoms with Crippen LogP contribution in [0.25, 0.3) is 0 Å². The lowest BCUT2D eigenvalue weighted by molar-refractivity contribution is 0.145. The molecule has 0 spiro atoms. The summed E-state index contributed by atoms with van der Waals surface area (Å²) in [6.45, 7) is 9.42. The average molecular weight is 253 g/mol. The van der Waals surface area contributed by atoms with Gasteiger partial charge in [-0.3, -0.25) is 0 Å². The van der Waals surface area contributed by atoms with Crippen molar-refractivity contribution >= 4 is 6.09 Å². The predicted octanol–water partition coefficient (Wildman–Crippen LogP) is 4.21. The zero-order chi connectivity index (χ0) is 13.8. The second-order valence-electron chi connectivity index (χ2n) is 4.74. The Morgan fingerprint density at radius 2 is 1.94 bits per heavy atom. The number of amides is 1. The van der Waals surface area contributed by atoms with E-state index in [1.807, 2.05) is 6.08 Å². The highest BCUT2D eigenvalue weighted by Gasteiger charge is 1.98. The van der Waals surface area contributed by atoms with Crippen LogP contribution in [0, 0.1) is 0 Å². The first-order chi connectivity index (χ1) is 8.56. The van der Waals surface area contributed by atoms with E-state index in [2.05, 4.69) is 39.1 Å². The van der Waals surface area contributed by atoms with Crippen molar-refractivity contribution < 1.29 is 9.53 Å². The van der Waals surface area contributed by atoms with Crippen LogP contribution in [0.5, 0.6) is 0 Å². The number of unbranched alkanes of at least 4 members (excludes halogenated alkanes) is 1. The highest BCUT2D eigenvalue weighted by atomic mass is 16.5. The molecule has 1 amide bonds. The number of ether oxygens (including phenoxy) is 1. The Bertz CT molecular complexity index is 289. The molecule has 0 aliphatic rings. The summed E-state index contributed by atoms with van der Waals surface area (Å²) in [5.41, 5.74) is 2.64. The van der Waals surface area contributed by atoms with Gasteiger partial charge >= 0.3 is 6.09 Å². The molecule has 18 heavy (non-hydrogen) atoms. The third-order valence-corrected chi connectivity index (χ3v) is 2.52. The summed E-state index contributed by atoms with van der Waals surface area (Å²) in [6, 6.07) is 0. The number of hydrogen-bond acceptors (Lipinski definition) is 2. The normalized spacial score (nSPS) is 11.0. The van der Waals surface area contributed by atoms with Gasteiger partial charge in [-0.1, -0.05) is 36.6 Å². The van der Waals surface area contributed by atoms with Gasteiger partial charge in [0.1, 0.15) is 0 Å². The van der Waals surface area contributed by atoms with Crippen molar-refractivity contribution in [1.82, 2.24) is 5.32 Å². The second kappa shape index (κ2) is 10.9. The maximum absolute atomic E-state index is 11.2. The van der Waals surface area contributed by atoms with Gasteiger partial charge in [0.2, 0.25) is 0 Å². The fourth-order valence-electron chi connectivity index (χ4n) is 1.36. The molecule has 0 aromatic carbocycles. The molecule has 0 aromatic heterocycles. The molecule has 0 rings (SSSR count). The van der Waals surface area contributed by atoms with Crippen LogP contribution in [-0.2, 0) is 4.74 Å². The fourth-order valence-corrected chi connectivity index (χ4v) is 1.36. The van der Waals surface area contributed by atoms with Gasteiger partial charge in [-0.05, 0) is 40.0 Å². The molecule has 0 saturated heterocycles. The van der Waals surface area contributed by atoms with E-state index in [1.165, 1.54) is 11.1 Å². The molecule has 3 nitrogen and oxygen atoms in total. The molecule has 0 aliphatic carbocycles. The zero-order valence-corrected chi connectivity index (χ0v) is 12.2. The van der Waals surface area contributed by atoms with E-state index in [0.29, 0.717) is 13.2 Å². The number of rotatable bonds is 8. The first-order valence-electron chi connectivity index (χ1n) is 6.75. The van der Waals surface area contributed by atoms with Gasteiger partial charge in [0.15, 0.2) is 0 Å². The van der Waals surface area contributed by atoms with Gasteiger partial charge in [0, 0.05) is 6.54 Å². The third kappa shape index (κ3) is 11.2. The number of nitrogens with one attached hydrogen (secondary N) is 1. The van der Waals surface area contributed by atoms with Gasteiger partial charge < -0.3 is 10.1 Å². The summed E-state index contributed by atoms with van der Waals surface area (Å²) >= 11 is 0. The molecule has 0 atom stereocenters. The molecule has 3 heteroatoms. The van der Waals surface area contributed by atoms with Crippen LogP contribution in [0.2, 0.25) is 0 Å². The summed E-state index contributed by atoms with van der Waals surface area (Å²) in [5.74, 6) is 0. The van der Waals surface area contributed by atoms with Crippen molar-refractivity contribution in [1.29, 1.82) is 0 Å². The van der Waals surface area contributed by atoms with Gasteiger partial charge in [-0.2, -0.15) is 0 Å². The van der Waals surface area contributed by atoms with E-state index in [0.717, 1.165) is 25.7 Å². The van der Waals surface area contributed by atoms with E-state index in [4.69, 9.17) is 4.74 Å². The standard InChI is InChI=1S/C15H27NO2/c1-5-6-12-18-15(17)16-11-10-14(4)9-7-8-13(2)3/h8,10H,5-7,9,11-12H2,1-4H3,(H,16,17). The van der Waals surface area contributed by atoms with Crippen LogP contribution in [0.3, 0.4) is 0 Å². The summed E-state index contributed by atoms with van der Waals surface area (Å²) < 4.78 is 4.99. The third-order valence-electron chi connectivity index (χ3n) is 2.52. The molecule has 0 saturated carbocycles. The molecule has 0 bridgehead atoms. The van der Waals surface area contributed by atoms with E-state index >= 15 is 0 Å². The molecule has 0 heterocycles. The molecule has 104 valence electrons. The minimum atomic E-state index is -0.322. The maximum Gasteiger partial charge on any atom is 0.407 e. The van der Waals surface area contributed by atoms with Gasteiger partial charge in [0.05, 0.1) is 6.61 Å². The highest BCUT2D eigenvalue weighted by Crippen LogP contribution is 2.05. The zero-order valence-electron chi connectivity index (χ0n) is 12.2. The monoisotopic (exact) mass is 253 g/mol. The molecule has 0 aliphatic heterocycles. The lowest BCUT2D eigenvalue weighted by Crippen LogP contribution is -2.24. The Labute approximate surface area is 111 Å². The van der Waals surface area contributed by atoms with Crippen LogP contribution in [-0.4, -0.2) is 19.2 Å². The van der Waals surface area contributed by atoms with Gasteiger partial charge in [-0.25, -0.2) is 4.79 Å². The lowest BCUT2D eigenvalue weighted by Gasteiger charge is -2.05. The predicted molar refractivity (Wildman–Crippen MR) is 76.7 cm³/mol. The fraction of sp³-hybridized carbons (Fsp3) is 0.667. The Hall–Kier alpha value is -1.25. The largest absolute Gasteiger partial charge is 0.450 e. The van der Waals surface area contributed by atoms with Crippen molar-refractivity contribution in [2.45, 2.75) is 53.4 Å². The molecule has 0 radical (unpaired) electrons. The van der Waals surface area contributed by atoms with Crippen molar-refractivity contribution in [3.05, 3.63) is 23.3 Å². The summed E-state index contributed by atoms with van der Waals surface area (Å²) in [4.78, 5) is 11.2. The summed E-state index contributed by atoms with van der Waals surface area (Å²) in [5, 5.41) is 2.72. The molecule has 1 N–H and O–H groups in total. The second-order valence-corrected chi connectivity index (χ2v) is 4.74. The summed E-state index contributed by atoms with van der Waals surface area (Å²) in [6.07, 6.45) is 8.01. The molecule has 0 fully saturated rings. The Balaban J connectivity index is 3.66. The van der Waals surface area contributed by atoms with Crippen LogP contribution in [0.15, 0.2) is 23.3 Å². The summed E-state index contributed by atoms with van der Waals surface area (Å²) in [7, 11) is 0. The van der Waals surface area contributed by atoms with Crippen LogP contribution in [0.4, 0.5) is 4.79 Å². The van der Waals surface area contributed by atoms with E-state index in [9.17, 15) is 4.79 Å². The molecule has 0 aromatic rings. The quantitative estimate of drug-likeness (QED) is 0.520. The van der Waals surface area contributed by atoms with Crippen molar-refractivity contribution in [2.24, 2.45) is 0 Å². The minimum Gasteiger partial charge on any atom is -0.450 e. The number of alkyl carbamates (subject to hydrolysis) is 1. The molecule has 0 unspecified atom stereocenters. The number of carbonyl (C=O) groups is 1. The van der Waals surface area contributed by atoms with Crippen LogP contribution >= 0.6 is 0 Å². The van der Waals surface area contributed by atoms with Crippen molar-refractivity contribution in [2.75, 3.05) is 13.2 Å². The average Bonchev–Trinajstić information content (AvgIpc) is 2.29. The van der Waals surface area contributed by atoms with Gasteiger partial charge in [-0.15, -0.1) is 0 Å². The number of carbonyl (C=O) groups excluding carboxylic acids is 1. The Kier molecular flexibility index (Phi) is 10.1. The van der Waals surface area contributed by atoms with Gasteiger partial charge in [0.25, 0.3) is 0 Å². The van der Waals surface area contributed by atoms with E-state index in [-0.39, 0.29) is 6.09 Å². The molecular formula is C15H27NO2. The SMILES string of the molecule is CCCCOC(=O)NCC=C(C)CCC=C(C)C. The van der Waals surface area contributed by atoms with E-state index < -0.39 is 0 Å². The van der Waals surface area contributed by atoms with Crippen LogP contribution in [0.1, 0.15) is 53.4 Å². The lowest BCUT2D eigenvalue weighted by atomic mass is 10.1. The topological polar surface area (TPSA) is 38.3 Å². The Morgan fingerprint density at radius 1 is 1.22 bits per heavy atom. The Morgan fingerprint density at radius 3 is 2.56 bits per heavy atom. The van der Waals surface area contributed by atoms with E-state index in [1.54, 1.807) is 0 Å². The number of allylic oxidation sites excluding steroid dienone is 3. The van der Waals surface area contributed by atoms with Crippen molar-refractivity contribution in [3.8, 4) is 0 Å². The first-order valence-corrected chi connectivity index (χ1v) is 6.75. The smallest absolute Gasteiger partial charge is 0.407 e. The first kappa shape index (κ1) is 16.8. The van der Waals surface area contributed by atoms with Crippen molar-refractivity contribution in [3.63, 3.8) is 0 Å². The minimum absolute atomic E-state index is 0.322. The number of hydrogen-bond donors (Lipinski definition) is 1. The highest BCUT2D eigenvalue weighted by molar-refractivity contribution is 5.67. The molecular weight excluding hydrogens is 226 g/mol.